The van der Waals surface area contributed by atoms with Crippen LogP contribution < -0.4 is 5.32 Å². The predicted octanol–water partition coefficient (Wildman–Crippen LogP) is 1.35. The number of rotatable bonds is 5. The lowest BCUT2D eigenvalue weighted by Crippen LogP contribution is -2.37. The van der Waals surface area contributed by atoms with Gasteiger partial charge in [0.25, 0.3) is 0 Å². The zero-order valence-electron chi connectivity index (χ0n) is 9.73. The lowest BCUT2D eigenvalue weighted by Gasteiger charge is -2.16. The smallest absolute Gasteiger partial charge is 0.306 e. The highest BCUT2D eigenvalue weighted by Crippen LogP contribution is 2.25. The largest absolute Gasteiger partial charge is 0.481 e. The third kappa shape index (κ3) is 3.70. The highest BCUT2D eigenvalue weighted by Gasteiger charge is 2.31. The van der Waals surface area contributed by atoms with Gasteiger partial charge in [-0.05, 0) is 25.5 Å². The highest BCUT2D eigenvalue weighted by molar-refractivity contribution is 7.98. The number of aliphatic carboxylic acids is 1. The molecule has 1 fully saturated rings. The fourth-order valence-corrected chi connectivity index (χ4v) is 2.66. The number of hydrogen-bond acceptors (Lipinski definition) is 3. The van der Waals surface area contributed by atoms with Gasteiger partial charge in [0.2, 0.25) is 5.91 Å². The van der Waals surface area contributed by atoms with Crippen LogP contribution in [0.5, 0.6) is 0 Å². The van der Waals surface area contributed by atoms with Crippen LogP contribution in [0.25, 0.3) is 0 Å². The fourth-order valence-electron chi connectivity index (χ4n) is 2.01. The van der Waals surface area contributed by atoms with Gasteiger partial charge in [-0.3, -0.25) is 9.59 Å². The van der Waals surface area contributed by atoms with E-state index in [0.717, 1.165) is 12.2 Å². The first-order valence-electron chi connectivity index (χ1n) is 5.56. The van der Waals surface area contributed by atoms with Crippen molar-refractivity contribution in [3.63, 3.8) is 0 Å². The summed E-state index contributed by atoms with van der Waals surface area (Å²) in [5, 5.41) is 11.8. The molecule has 92 valence electrons. The molecule has 1 amide bonds. The van der Waals surface area contributed by atoms with Crippen LogP contribution in [0.3, 0.4) is 0 Å². The molecule has 0 aromatic rings. The van der Waals surface area contributed by atoms with Gasteiger partial charge in [-0.1, -0.05) is 6.92 Å². The first-order chi connectivity index (χ1) is 7.54. The Morgan fingerprint density at radius 3 is 2.69 bits per heavy atom. The van der Waals surface area contributed by atoms with Crippen LogP contribution in [0.1, 0.15) is 26.2 Å². The van der Waals surface area contributed by atoms with Crippen molar-refractivity contribution in [3.05, 3.63) is 0 Å². The average Bonchev–Trinajstić information content (AvgIpc) is 2.66. The molecule has 0 heterocycles. The van der Waals surface area contributed by atoms with Crippen LogP contribution in [-0.2, 0) is 9.59 Å². The third-order valence-corrected chi connectivity index (χ3v) is 3.83. The molecule has 0 spiro atoms. The van der Waals surface area contributed by atoms with Crippen molar-refractivity contribution in [2.24, 2.45) is 11.8 Å². The van der Waals surface area contributed by atoms with Crippen LogP contribution >= 0.6 is 11.8 Å². The van der Waals surface area contributed by atoms with Crippen LogP contribution in [0.15, 0.2) is 0 Å². The number of thioether (sulfide) groups is 1. The monoisotopic (exact) mass is 245 g/mol. The van der Waals surface area contributed by atoms with Crippen molar-refractivity contribution in [2.75, 3.05) is 12.0 Å². The fraction of sp³-hybridized carbons (Fsp3) is 0.818. The van der Waals surface area contributed by atoms with Crippen molar-refractivity contribution in [2.45, 2.75) is 32.2 Å². The van der Waals surface area contributed by atoms with Crippen LogP contribution in [0, 0.1) is 11.8 Å². The molecule has 1 aliphatic rings. The number of carbonyl (C=O) groups excluding carboxylic acids is 1. The lowest BCUT2D eigenvalue weighted by molar-refractivity contribution is -0.141. The molecule has 3 unspecified atom stereocenters. The Morgan fingerprint density at radius 2 is 2.19 bits per heavy atom. The zero-order valence-corrected chi connectivity index (χ0v) is 10.5. The second-order valence-corrected chi connectivity index (χ2v) is 5.32. The third-order valence-electron chi connectivity index (χ3n) is 2.99. The Labute approximate surface area is 100 Å². The van der Waals surface area contributed by atoms with Gasteiger partial charge < -0.3 is 10.4 Å². The van der Waals surface area contributed by atoms with Crippen LogP contribution in [0.2, 0.25) is 0 Å². The van der Waals surface area contributed by atoms with Gasteiger partial charge in [0.1, 0.15) is 0 Å². The van der Waals surface area contributed by atoms with Gasteiger partial charge in [0.15, 0.2) is 0 Å². The summed E-state index contributed by atoms with van der Waals surface area (Å²) in [6.07, 6.45) is 4.01. The summed E-state index contributed by atoms with van der Waals surface area (Å²) in [7, 11) is 0. The predicted molar refractivity (Wildman–Crippen MR) is 64.5 cm³/mol. The second kappa shape index (κ2) is 6.13. The minimum absolute atomic E-state index is 0.00104. The highest BCUT2D eigenvalue weighted by atomic mass is 32.2. The maximum Gasteiger partial charge on any atom is 0.306 e. The van der Waals surface area contributed by atoms with E-state index in [2.05, 4.69) is 5.32 Å². The number of carboxylic acid groups (broad SMARTS) is 1. The zero-order chi connectivity index (χ0) is 12.1. The molecule has 4 nitrogen and oxygen atoms in total. The van der Waals surface area contributed by atoms with Gasteiger partial charge in [0, 0.05) is 17.7 Å². The molecule has 0 aliphatic heterocycles. The number of carbonyl (C=O) groups is 2. The summed E-state index contributed by atoms with van der Waals surface area (Å²) in [5.74, 6) is -0.166. The second-order valence-electron chi connectivity index (χ2n) is 4.41. The molecular formula is C11H19NO3S. The first-order valence-corrected chi connectivity index (χ1v) is 6.96. The molecule has 1 rings (SSSR count). The lowest BCUT2D eigenvalue weighted by atomic mass is 10.1. The quantitative estimate of drug-likeness (QED) is 0.767. The van der Waals surface area contributed by atoms with Gasteiger partial charge in [-0.2, -0.15) is 11.8 Å². The minimum Gasteiger partial charge on any atom is -0.481 e. The molecule has 16 heavy (non-hydrogen) atoms. The van der Waals surface area contributed by atoms with E-state index in [-0.39, 0.29) is 23.8 Å². The first kappa shape index (κ1) is 13.4. The van der Waals surface area contributed by atoms with E-state index < -0.39 is 5.97 Å². The summed E-state index contributed by atoms with van der Waals surface area (Å²) in [5.41, 5.74) is 0. The van der Waals surface area contributed by atoms with E-state index in [1.54, 1.807) is 11.8 Å². The maximum absolute atomic E-state index is 11.7. The molecule has 0 bridgehead atoms. The SMILES string of the molecule is CSCC(C)C(=O)NC1CCC(C(=O)O)C1. The Hall–Kier alpha value is -0.710. The standard InChI is InChI=1S/C11H19NO3S/c1-7(6-16-2)10(13)12-9-4-3-8(5-9)11(14)15/h7-9H,3-6H2,1-2H3,(H,12,13)(H,14,15). The van der Waals surface area contributed by atoms with E-state index in [9.17, 15) is 9.59 Å². The van der Waals surface area contributed by atoms with Gasteiger partial charge in [-0.25, -0.2) is 0 Å². The summed E-state index contributed by atoms with van der Waals surface area (Å²) in [6.45, 7) is 1.90. The summed E-state index contributed by atoms with van der Waals surface area (Å²) in [6, 6.07) is 0.0536. The van der Waals surface area contributed by atoms with Crippen molar-refractivity contribution < 1.29 is 14.7 Å². The molecular weight excluding hydrogens is 226 g/mol. The summed E-state index contributed by atoms with van der Waals surface area (Å²) in [4.78, 5) is 22.4. The van der Waals surface area contributed by atoms with Crippen molar-refractivity contribution in [1.82, 2.24) is 5.32 Å². The van der Waals surface area contributed by atoms with Crippen LogP contribution in [-0.4, -0.2) is 35.0 Å². The molecule has 5 heteroatoms. The number of hydrogen-bond donors (Lipinski definition) is 2. The molecule has 1 aliphatic carbocycles. The maximum atomic E-state index is 11.7. The van der Waals surface area contributed by atoms with Gasteiger partial charge >= 0.3 is 5.97 Å². The van der Waals surface area contributed by atoms with Crippen molar-refractivity contribution in [1.29, 1.82) is 0 Å². The Morgan fingerprint density at radius 1 is 1.50 bits per heavy atom. The average molecular weight is 245 g/mol. The molecule has 0 aromatic heterocycles. The van der Waals surface area contributed by atoms with E-state index in [4.69, 9.17) is 5.11 Å². The van der Waals surface area contributed by atoms with E-state index in [0.29, 0.717) is 12.8 Å². The van der Waals surface area contributed by atoms with Crippen molar-refractivity contribution >= 4 is 23.6 Å². The normalized spacial score (nSPS) is 26.4. The van der Waals surface area contributed by atoms with Gasteiger partial charge in [0.05, 0.1) is 5.92 Å². The van der Waals surface area contributed by atoms with E-state index >= 15 is 0 Å². The van der Waals surface area contributed by atoms with Crippen LogP contribution in [0.4, 0.5) is 0 Å². The summed E-state index contributed by atoms with van der Waals surface area (Å²) >= 11 is 1.65. The molecule has 2 N–H and O–H groups in total. The number of nitrogens with one attached hydrogen (secondary N) is 1. The van der Waals surface area contributed by atoms with E-state index in [1.165, 1.54) is 0 Å². The Balaban J connectivity index is 2.33. The van der Waals surface area contributed by atoms with E-state index in [1.807, 2.05) is 13.2 Å². The van der Waals surface area contributed by atoms with Crippen molar-refractivity contribution in [3.8, 4) is 0 Å². The molecule has 0 aromatic carbocycles. The molecule has 0 radical (unpaired) electrons. The number of carboxylic acids is 1. The minimum atomic E-state index is -0.742. The van der Waals surface area contributed by atoms with Gasteiger partial charge in [-0.15, -0.1) is 0 Å². The Bertz CT molecular complexity index is 270. The topological polar surface area (TPSA) is 66.4 Å². The Kier molecular flexibility index (Phi) is 5.12. The summed E-state index contributed by atoms with van der Waals surface area (Å²) < 4.78 is 0. The molecule has 1 saturated carbocycles. The molecule has 3 atom stereocenters. The molecule has 0 saturated heterocycles. The number of amides is 1.